The van der Waals surface area contributed by atoms with Gasteiger partial charge in [-0.1, -0.05) is 29.5 Å². The van der Waals surface area contributed by atoms with Crippen molar-refractivity contribution in [1.29, 1.82) is 0 Å². The lowest BCUT2D eigenvalue weighted by Crippen LogP contribution is -2.21. The Morgan fingerprint density at radius 1 is 1.30 bits per heavy atom. The van der Waals surface area contributed by atoms with Gasteiger partial charge >= 0.3 is 0 Å². The second-order valence-corrected chi connectivity index (χ2v) is 5.38. The molecule has 8 heteroatoms. The average Bonchev–Trinajstić information content (AvgIpc) is 2.87. The van der Waals surface area contributed by atoms with E-state index in [1.807, 2.05) is 0 Å². The van der Waals surface area contributed by atoms with Crippen molar-refractivity contribution in [2.24, 2.45) is 0 Å². The molecule has 2 aromatic rings. The van der Waals surface area contributed by atoms with Crippen molar-refractivity contribution in [3.05, 3.63) is 39.3 Å². The Labute approximate surface area is 124 Å². The minimum Gasteiger partial charge on any atom is -0.359 e. The highest BCUT2D eigenvalue weighted by molar-refractivity contribution is 7.17. The van der Waals surface area contributed by atoms with Gasteiger partial charge in [0.05, 0.1) is 6.42 Å². The molecule has 0 aliphatic rings. The number of para-hydroxylation sites is 1. The van der Waals surface area contributed by atoms with Gasteiger partial charge in [0.15, 0.2) is 0 Å². The number of carbonyl (C=O) groups is 2. The SMILES string of the molecule is CNC(=O)Cc1ccccc1NC(=O)c1nnc(Cl)s1. The summed E-state index contributed by atoms with van der Waals surface area (Å²) in [4.78, 5) is 23.4. The van der Waals surface area contributed by atoms with Crippen LogP contribution in [0.5, 0.6) is 0 Å². The molecular formula is C12H11ClN4O2S. The molecule has 1 aromatic carbocycles. The summed E-state index contributed by atoms with van der Waals surface area (Å²) in [6.07, 6.45) is 0.184. The number of carbonyl (C=O) groups excluding carboxylic acids is 2. The molecule has 0 aliphatic heterocycles. The molecule has 0 saturated heterocycles. The molecule has 104 valence electrons. The molecule has 0 atom stereocenters. The van der Waals surface area contributed by atoms with E-state index in [-0.39, 0.29) is 21.8 Å². The number of aromatic nitrogens is 2. The molecule has 0 spiro atoms. The number of amides is 2. The maximum Gasteiger partial charge on any atom is 0.286 e. The fourth-order valence-corrected chi connectivity index (χ4v) is 2.25. The molecule has 0 bridgehead atoms. The number of halogens is 1. The van der Waals surface area contributed by atoms with E-state index in [0.29, 0.717) is 5.69 Å². The largest absolute Gasteiger partial charge is 0.359 e. The van der Waals surface area contributed by atoms with E-state index in [0.717, 1.165) is 16.9 Å². The molecular weight excluding hydrogens is 300 g/mol. The van der Waals surface area contributed by atoms with Crippen molar-refractivity contribution >= 4 is 40.4 Å². The molecule has 0 fully saturated rings. The van der Waals surface area contributed by atoms with Gasteiger partial charge in [0.25, 0.3) is 5.91 Å². The van der Waals surface area contributed by atoms with Crippen molar-refractivity contribution in [3.63, 3.8) is 0 Å². The average molecular weight is 311 g/mol. The fourth-order valence-electron chi connectivity index (χ4n) is 1.53. The Bertz CT molecular complexity index is 644. The summed E-state index contributed by atoms with van der Waals surface area (Å²) in [5.41, 5.74) is 1.28. The van der Waals surface area contributed by atoms with E-state index in [2.05, 4.69) is 20.8 Å². The zero-order valence-electron chi connectivity index (χ0n) is 10.5. The highest BCUT2D eigenvalue weighted by Gasteiger charge is 2.14. The zero-order chi connectivity index (χ0) is 14.5. The first-order valence-corrected chi connectivity index (χ1v) is 6.88. The monoisotopic (exact) mass is 310 g/mol. The van der Waals surface area contributed by atoms with Crippen molar-refractivity contribution in [1.82, 2.24) is 15.5 Å². The summed E-state index contributed by atoms with van der Waals surface area (Å²) >= 11 is 6.63. The first-order chi connectivity index (χ1) is 9.60. The zero-order valence-corrected chi connectivity index (χ0v) is 12.1. The van der Waals surface area contributed by atoms with Crippen LogP contribution in [0.3, 0.4) is 0 Å². The molecule has 2 N–H and O–H groups in total. The second-order valence-electron chi connectivity index (χ2n) is 3.82. The maximum atomic E-state index is 12.0. The van der Waals surface area contributed by atoms with E-state index >= 15 is 0 Å². The second kappa shape index (κ2) is 6.44. The van der Waals surface area contributed by atoms with E-state index in [4.69, 9.17) is 11.6 Å². The fraction of sp³-hybridized carbons (Fsp3) is 0.167. The van der Waals surface area contributed by atoms with Crippen LogP contribution in [0.2, 0.25) is 4.47 Å². The number of benzene rings is 1. The summed E-state index contributed by atoms with van der Waals surface area (Å²) < 4.78 is 0.203. The summed E-state index contributed by atoms with van der Waals surface area (Å²) in [5.74, 6) is -0.538. The standard InChI is InChI=1S/C12H11ClN4O2S/c1-14-9(18)6-7-4-2-3-5-8(7)15-10(19)11-16-17-12(13)20-11/h2-5H,6H2,1H3,(H,14,18)(H,15,19). The predicted octanol–water partition coefficient (Wildman–Crippen LogP) is 1.73. The Kier molecular flexibility index (Phi) is 4.65. The molecule has 0 radical (unpaired) electrons. The lowest BCUT2D eigenvalue weighted by molar-refractivity contribution is -0.119. The van der Waals surface area contributed by atoms with Gasteiger partial charge in [-0.05, 0) is 23.2 Å². The molecule has 2 amide bonds. The van der Waals surface area contributed by atoms with Crippen LogP contribution in [0.25, 0.3) is 0 Å². The number of likely N-dealkylation sites (N-methyl/N-ethyl adjacent to an activating group) is 1. The first kappa shape index (κ1) is 14.4. The normalized spacial score (nSPS) is 10.1. The van der Waals surface area contributed by atoms with Crippen LogP contribution in [0, 0.1) is 0 Å². The maximum absolute atomic E-state index is 12.0. The smallest absolute Gasteiger partial charge is 0.286 e. The summed E-state index contributed by atoms with van der Waals surface area (Å²) in [5, 5.41) is 12.6. The van der Waals surface area contributed by atoms with Crippen LogP contribution in [0.15, 0.2) is 24.3 Å². The molecule has 20 heavy (non-hydrogen) atoms. The topological polar surface area (TPSA) is 84.0 Å². The van der Waals surface area contributed by atoms with Crippen molar-refractivity contribution in [2.75, 3.05) is 12.4 Å². The van der Waals surface area contributed by atoms with E-state index < -0.39 is 5.91 Å². The van der Waals surface area contributed by atoms with Gasteiger partial charge in [0.2, 0.25) is 15.4 Å². The Morgan fingerprint density at radius 3 is 2.70 bits per heavy atom. The Balaban J connectivity index is 2.16. The molecule has 1 aromatic heterocycles. The highest BCUT2D eigenvalue weighted by Crippen LogP contribution is 2.19. The third kappa shape index (κ3) is 3.52. The Morgan fingerprint density at radius 2 is 2.05 bits per heavy atom. The molecule has 1 heterocycles. The summed E-state index contributed by atoms with van der Waals surface area (Å²) in [6.45, 7) is 0. The van der Waals surface area contributed by atoms with Crippen LogP contribution >= 0.6 is 22.9 Å². The van der Waals surface area contributed by atoms with Crippen molar-refractivity contribution < 1.29 is 9.59 Å². The van der Waals surface area contributed by atoms with E-state index in [9.17, 15) is 9.59 Å². The molecule has 0 aliphatic carbocycles. The van der Waals surface area contributed by atoms with E-state index in [1.54, 1.807) is 31.3 Å². The third-order valence-electron chi connectivity index (χ3n) is 2.49. The number of rotatable bonds is 4. The van der Waals surface area contributed by atoms with Gasteiger partial charge in [-0.3, -0.25) is 9.59 Å². The van der Waals surface area contributed by atoms with Gasteiger partial charge in [0.1, 0.15) is 0 Å². The number of anilines is 1. The van der Waals surface area contributed by atoms with E-state index in [1.165, 1.54) is 0 Å². The van der Waals surface area contributed by atoms with Gasteiger partial charge in [-0.15, -0.1) is 10.2 Å². The minimum atomic E-state index is -0.404. The first-order valence-electron chi connectivity index (χ1n) is 5.69. The van der Waals surface area contributed by atoms with Gasteiger partial charge in [-0.25, -0.2) is 0 Å². The quantitative estimate of drug-likeness (QED) is 0.901. The highest BCUT2D eigenvalue weighted by atomic mass is 35.5. The van der Waals surface area contributed by atoms with Crippen LogP contribution in [0.1, 0.15) is 15.4 Å². The molecule has 0 saturated carbocycles. The van der Waals surface area contributed by atoms with Crippen LogP contribution in [0.4, 0.5) is 5.69 Å². The van der Waals surface area contributed by atoms with Crippen molar-refractivity contribution in [3.8, 4) is 0 Å². The lowest BCUT2D eigenvalue weighted by atomic mass is 10.1. The van der Waals surface area contributed by atoms with Gasteiger partial charge in [0, 0.05) is 12.7 Å². The van der Waals surface area contributed by atoms with Crippen LogP contribution in [-0.4, -0.2) is 29.1 Å². The number of nitrogens with one attached hydrogen (secondary N) is 2. The van der Waals surface area contributed by atoms with Crippen LogP contribution < -0.4 is 10.6 Å². The summed E-state index contributed by atoms with van der Waals surface area (Å²) in [7, 11) is 1.56. The predicted molar refractivity (Wildman–Crippen MR) is 77.1 cm³/mol. The Hall–Kier alpha value is -1.99. The third-order valence-corrected chi connectivity index (χ3v) is 3.51. The molecule has 2 rings (SSSR count). The van der Waals surface area contributed by atoms with Crippen LogP contribution in [-0.2, 0) is 11.2 Å². The van der Waals surface area contributed by atoms with Crippen molar-refractivity contribution in [2.45, 2.75) is 6.42 Å². The van der Waals surface area contributed by atoms with Gasteiger partial charge in [-0.2, -0.15) is 0 Å². The number of hydrogen-bond acceptors (Lipinski definition) is 5. The minimum absolute atomic E-state index is 0.134. The number of nitrogens with zero attached hydrogens (tertiary/aromatic N) is 2. The number of hydrogen-bond donors (Lipinski definition) is 2. The lowest BCUT2D eigenvalue weighted by Gasteiger charge is -2.09. The summed E-state index contributed by atoms with van der Waals surface area (Å²) in [6, 6.07) is 7.07. The van der Waals surface area contributed by atoms with Gasteiger partial charge < -0.3 is 10.6 Å². The molecule has 0 unspecified atom stereocenters. The molecule has 6 nitrogen and oxygen atoms in total.